The maximum atomic E-state index is 10.7. The number of fused-ring (bicyclic) bond motifs is 1. The molecule has 0 aliphatic carbocycles. The van der Waals surface area contributed by atoms with Crippen LogP contribution in [0.3, 0.4) is 0 Å². The molecule has 0 radical (unpaired) electrons. The molecule has 4 heteroatoms. The smallest absolute Gasteiger partial charge is 0.223 e. The van der Waals surface area contributed by atoms with Gasteiger partial charge in [-0.3, -0.25) is 9.78 Å². The molecule has 2 rings (SSSR count). The third-order valence-corrected chi connectivity index (χ3v) is 2.69. The molecule has 0 atom stereocenters. The number of hydrogen-bond acceptors (Lipinski definition) is 3. The van der Waals surface area contributed by atoms with Crippen LogP contribution in [0, 0.1) is 0 Å². The molecule has 0 fully saturated rings. The minimum atomic E-state index is -0.341. The van der Waals surface area contributed by atoms with Crippen molar-refractivity contribution in [2.24, 2.45) is 5.73 Å². The van der Waals surface area contributed by atoms with Crippen molar-refractivity contribution in [1.82, 2.24) is 4.98 Å². The largest absolute Gasteiger partial charge is 0.369 e. The normalized spacial score (nSPS) is 10.5. The average molecular weight is 192 g/mol. The lowest BCUT2D eigenvalue weighted by atomic mass is 10.2. The maximum absolute atomic E-state index is 10.7. The third-order valence-electron chi connectivity index (χ3n) is 1.80. The van der Waals surface area contributed by atoms with Crippen LogP contribution in [0.2, 0.25) is 0 Å². The van der Waals surface area contributed by atoms with Gasteiger partial charge in [0.25, 0.3) is 0 Å². The second-order valence-corrected chi connectivity index (χ2v) is 3.68. The summed E-state index contributed by atoms with van der Waals surface area (Å²) in [5.41, 5.74) is 5.88. The first-order valence-corrected chi connectivity index (χ1v) is 4.75. The summed E-state index contributed by atoms with van der Waals surface area (Å²) in [4.78, 5) is 14.8. The maximum Gasteiger partial charge on any atom is 0.223 e. The molecule has 0 aromatic carbocycles. The number of nitrogens with two attached hydrogens (primary N) is 1. The predicted molar refractivity (Wildman–Crippen MR) is 52.5 cm³/mol. The van der Waals surface area contributed by atoms with Crippen LogP contribution in [0.1, 0.15) is 5.69 Å². The summed E-state index contributed by atoms with van der Waals surface area (Å²) in [5, 5.41) is 3.02. The zero-order valence-electron chi connectivity index (χ0n) is 6.86. The van der Waals surface area contributed by atoms with Crippen molar-refractivity contribution in [3.05, 3.63) is 29.4 Å². The zero-order chi connectivity index (χ0) is 9.26. The van der Waals surface area contributed by atoms with Crippen molar-refractivity contribution < 1.29 is 4.79 Å². The Morgan fingerprint density at radius 2 is 2.38 bits per heavy atom. The Morgan fingerprint density at radius 1 is 1.54 bits per heavy atom. The van der Waals surface area contributed by atoms with E-state index in [2.05, 4.69) is 4.98 Å². The number of amides is 1. The summed E-state index contributed by atoms with van der Waals surface area (Å²) in [6.07, 6.45) is 1.92. The Balaban J connectivity index is 2.54. The predicted octanol–water partition coefficient (Wildman–Crippen LogP) is 1.32. The lowest BCUT2D eigenvalue weighted by Crippen LogP contribution is -2.14. The van der Waals surface area contributed by atoms with Gasteiger partial charge in [0.15, 0.2) is 0 Å². The molecule has 13 heavy (non-hydrogen) atoms. The zero-order valence-corrected chi connectivity index (χ0v) is 7.67. The van der Waals surface area contributed by atoms with Gasteiger partial charge in [-0.15, -0.1) is 11.3 Å². The Morgan fingerprint density at radius 3 is 3.15 bits per heavy atom. The molecule has 0 spiro atoms. The monoisotopic (exact) mass is 192 g/mol. The Labute approximate surface area is 79.2 Å². The van der Waals surface area contributed by atoms with E-state index in [9.17, 15) is 4.79 Å². The van der Waals surface area contributed by atoms with E-state index in [0.717, 1.165) is 15.8 Å². The highest BCUT2D eigenvalue weighted by Gasteiger charge is 2.05. The molecular weight excluding hydrogens is 184 g/mol. The van der Waals surface area contributed by atoms with Crippen LogP contribution in [0.4, 0.5) is 0 Å². The molecule has 66 valence electrons. The van der Waals surface area contributed by atoms with E-state index in [1.54, 1.807) is 17.5 Å². The van der Waals surface area contributed by atoms with Crippen molar-refractivity contribution in [2.75, 3.05) is 0 Å². The van der Waals surface area contributed by atoms with E-state index in [1.807, 2.05) is 17.5 Å². The number of carbonyl (C=O) groups excluding carboxylic acids is 1. The second-order valence-electron chi connectivity index (χ2n) is 2.73. The average Bonchev–Trinajstić information content (AvgIpc) is 2.51. The van der Waals surface area contributed by atoms with Gasteiger partial charge in [-0.05, 0) is 17.5 Å². The molecule has 3 nitrogen and oxygen atoms in total. The van der Waals surface area contributed by atoms with E-state index >= 15 is 0 Å². The molecule has 2 aromatic heterocycles. The number of thiophene rings is 1. The van der Waals surface area contributed by atoms with Gasteiger partial charge in [-0.1, -0.05) is 0 Å². The van der Waals surface area contributed by atoms with Crippen molar-refractivity contribution in [1.29, 1.82) is 0 Å². The van der Waals surface area contributed by atoms with Gasteiger partial charge < -0.3 is 5.73 Å². The summed E-state index contributed by atoms with van der Waals surface area (Å²) < 4.78 is 1.14. The van der Waals surface area contributed by atoms with E-state index in [0.29, 0.717) is 0 Å². The highest BCUT2D eigenvalue weighted by Crippen LogP contribution is 2.22. The summed E-state index contributed by atoms with van der Waals surface area (Å²) in [6.45, 7) is 0. The van der Waals surface area contributed by atoms with Gasteiger partial charge >= 0.3 is 0 Å². The SMILES string of the molecule is NC(=O)Cc1nccc2sccc12. The molecular formula is C9H8N2OS. The Hall–Kier alpha value is -1.42. The molecule has 0 aliphatic heterocycles. The first kappa shape index (κ1) is 8.19. The van der Waals surface area contributed by atoms with Gasteiger partial charge in [0.1, 0.15) is 0 Å². The number of carbonyl (C=O) groups is 1. The molecule has 2 heterocycles. The number of aromatic nitrogens is 1. The fourth-order valence-corrected chi connectivity index (χ4v) is 2.06. The van der Waals surface area contributed by atoms with Crippen LogP contribution < -0.4 is 5.73 Å². The fraction of sp³-hybridized carbons (Fsp3) is 0.111. The molecule has 1 amide bonds. The van der Waals surface area contributed by atoms with Crippen LogP contribution in [0.15, 0.2) is 23.7 Å². The first-order chi connectivity index (χ1) is 6.27. The number of rotatable bonds is 2. The van der Waals surface area contributed by atoms with Crippen LogP contribution in [0.25, 0.3) is 10.1 Å². The van der Waals surface area contributed by atoms with Gasteiger partial charge in [-0.25, -0.2) is 0 Å². The molecule has 2 N–H and O–H groups in total. The molecule has 0 saturated carbocycles. The van der Waals surface area contributed by atoms with Crippen molar-refractivity contribution in [3.63, 3.8) is 0 Å². The second kappa shape index (κ2) is 3.14. The number of primary amides is 1. The van der Waals surface area contributed by atoms with Crippen LogP contribution in [0.5, 0.6) is 0 Å². The molecule has 0 saturated heterocycles. The van der Waals surface area contributed by atoms with Gasteiger partial charge in [0.05, 0.1) is 12.1 Å². The quantitative estimate of drug-likeness (QED) is 0.780. The lowest BCUT2D eigenvalue weighted by molar-refractivity contribution is -0.117. The van der Waals surface area contributed by atoms with Crippen molar-refractivity contribution in [3.8, 4) is 0 Å². The third kappa shape index (κ3) is 1.53. The molecule has 0 aliphatic rings. The van der Waals surface area contributed by atoms with Gasteiger partial charge in [0, 0.05) is 16.3 Å². The van der Waals surface area contributed by atoms with E-state index in [1.165, 1.54) is 0 Å². The van der Waals surface area contributed by atoms with Crippen molar-refractivity contribution >= 4 is 27.3 Å². The molecule has 0 unspecified atom stereocenters. The summed E-state index contributed by atoms with van der Waals surface area (Å²) in [6, 6.07) is 3.90. The number of nitrogens with zero attached hydrogens (tertiary/aromatic N) is 1. The van der Waals surface area contributed by atoms with Crippen LogP contribution in [-0.4, -0.2) is 10.9 Å². The topological polar surface area (TPSA) is 56.0 Å². The summed E-state index contributed by atoms with van der Waals surface area (Å²) >= 11 is 1.64. The first-order valence-electron chi connectivity index (χ1n) is 3.87. The molecule has 0 bridgehead atoms. The lowest BCUT2D eigenvalue weighted by Gasteiger charge is -1.97. The highest BCUT2D eigenvalue weighted by molar-refractivity contribution is 7.17. The van der Waals surface area contributed by atoms with Gasteiger partial charge in [-0.2, -0.15) is 0 Å². The van der Waals surface area contributed by atoms with Crippen LogP contribution >= 0.6 is 11.3 Å². The number of pyridine rings is 1. The van der Waals surface area contributed by atoms with Gasteiger partial charge in [0.2, 0.25) is 5.91 Å². The minimum absolute atomic E-state index is 0.216. The van der Waals surface area contributed by atoms with Crippen LogP contribution in [-0.2, 0) is 11.2 Å². The summed E-state index contributed by atoms with van der Waals surface area (Å²) in [7, 11) is 0. The highest BCUT2D eigenvalue weighted by atomic mass is 32.1. The fourth-order valence-electron chi connectivity index (χ4n) is 1.26. The van der Waals surface area contributed by atoms with Crippen molar-refractivity contribution in [2.45, 2.75) is 6.42 Å². The standard InChI is InChI=1S/C9H8N2OS/c10-9(12)5-7-6-2-4-13-8(6)1-3-11-7/h1-4H,5H2,(H2,10,12). The van der Waals surface area contributed by atoms with E-state index in [-0.39, 0.29) is 12.3 Å². The minimum Gasteiger partial charge on any atom is -0.369 e. The Kier molecular flexibility index (Phi) is 1.98. The summed E-state index contributed by atoms with van der Waals surface area (Å²) in [5.74, 6) is -0.341. The van der Waals surface area contributed by atoms with E-state index < -0.39 is 0 Å². The number of hydrogen-bond donors (Lipinski definition) is 1. The molecule has 2 aromatic rings. The van der Waals surface area contributed by atoms with E-state index in [4.69, 9.17) is 5.73 Å². The Bertz CT molecular complexity index is 450.